The van der Waals surface area contributed by atoms with E-state index in [1.807, 2.05) is 12.1 Å². The lowest BCUT2D eigenvalue weighted by Gasteiger charge is -2.00. The maximum Gasteiger partial charge on any atom is 0.129 e. The van der Waals surface area contributed by atoms with Crippen molar-refractivity contribution < 1.29 is 9.15 Å². The highest BCUT2D eigenvalue weighted by atomic mass is 16.5. The minimum atomic E-state index is 0.460. The van der Waals surface area contributed by atoms with Gasteiger partial charge in [0, 0.05) is 6.61 Å². The Morgan fingerprint density at radius 1 is 1.36 bits per heavy atom. The van der Waals surface area contributed by atoms with E-state index in [-0.39, 0.29) is 0 Å². The summed E-state index contributed by atoms with van der Waals surface area (Å²) in [5, 5.41) is 0. The molecule has 1 aliphatic rings. The molecule has 0 spiro atoms. The van der Waals surface area contributed by atoms with Crippen molar-refractivity contribution in [3.05, 3.63) is 23.7 Å². The molecule has 3 nitrogen and oxygen atoms in total. The maximum atomic E-state index is 5.49. The van der Waals surface area contributed by atoms with Crippen LogP contribution in [0.3, 0.4) is 0 Å². The molecule has 1 aliphatic carbocycles. The minimum Gasteiger partial charge on any atom is -0.462 e. The van der Waals surface area contributed by atoms with Gasteiger partial charge in [-0.2, -0.15) is 0 Å². The molecule has 0 aromatic carbocycles. The fraction of sp³-hybridized carbons (Fsp3) is 0.636. The van der Waals surface area contributed by atoms with E-state index in [0.717, 1.165) is 24.0 Å². The first-order valence-electron chi connectivity index (χ1n) is 5.24. The van der Waals surface area contributed by atoms with E-state index < -0.39 is 0 Å². The summed E-state index contributed by atoms with van der Waals surface area (Å²) in [5.41, 5.74) is 5.43. The number of furan rings is 1. The van der Waals surface area contributed by atoms with Gasteiger partial charge in [-0.1, -0.05) is 12.8 Å². The zero-order valence-corrected chi connectivity index (χ0v) is 8.37. The van der Waals surface area contributed by atoms with Crippen LogP contribution in [0.15, 0.2) is 16.5 Å². The standard InChI is InChI=1S/C11H17NO2/c12-7-10-3-4-11(14-10)8-13-6-5-9-1-2-9/h3-4,9H,1-2,5-8,12H2. The van der Waals surface area contributed by atoms with Gasteiger partial charge in [-0.05, 0) is 24.5 Å². The molecule has 14 heavy (non-hydrogen) atoms. The average molecular weight is 195 g/mol. The number of rotatable bonds is 6. The van der Waals surface area contributed by atoms with Crippen LogP contribution < -0.4 is 5.73 Å². The third-order valence-electron chi connectivity index (χ3n) is 2.53. The van der Waals surface area contributed by atoms with Crippen molar-refractivity contribution in [1.82, 2.24) is 0 Å². The van der Waals surface area contributed by atoms with Crippen molar-refractivity contribution in [2.75, 3.05) is 6.61 Å². The first-order chi connectivity index (χ1) is 6.88. The van der Waals surface area contributed by atoms with Crippen molar-refractivity contribution in [1.29, 1.82) is 0 Å². The molecule has 0 aliphatic heterocycles. The van der Waals surface area contributed by atoms with Crippen molar-refractivity contribution >= 4 is 0 Å². The molecule has 0 amide bonds. The summed E-state index contributed by atoms with van der Waals surface area (Å²) in [4.78, 5) is 0. The third kappa shape index (κ3) is 2.86. The lowest BCUT2D eigenvalue weighted by atomic mass is 10.3. The summed E-state index contributed by atoms with van der Waals surface area (Å²) in [6.07, 6.45) is 3.98. The molecular formula is C11H17NO2. The van der Waals surface area contributed by atoms with Crippen molar-refractivity contribution in [2.24, 2.45) is 11.7 Å². The molecule has 0 bridgehead atoms. The Kier molecular flexibility index (Phi) is 3.22. The van der Waals surface area contributed by atoms with Crippen LogP contribution >= 0.6 is 0 Å². The molecule has 0 radical (unpaired) electrons. The lowest BCUT2D eigenvalue weighted by Crippen LogP contribution is -1.96. The third-order valence-corrected chi connectivity index (χ3v) is 2.53. The van der Waals surface area contributed by atoms with Gasteiger partial charge in [0.2, 0.25) is 0 Å². The maximum absolute atomic E-state index is 5.49. The van der Waals surface area contributed by atoms with Gasteiger partial charge in [-0.15, -0.1) is 0 Å². The Bertz CT molecular complexity index is 279. The molecule has 1 heterocycles. The van der Waals surface area contributed by atoms with E-state index in [4.69, 9.17) is 14.9 Å². The Morgan fingerprint density at radius 3 is 2.79 bits per heavy atom. The van der Waals surface area contributed by atoms with Crippen LogP contribution in [0.1, 0.15) is 30.8 Å². The van der Waals surface area contributed by atoms with Crippen LogP contribution in [0.25, 0.3) is 0 Å². The zero-order valence-electron chi connectivity index (χ0n) is 8.37. The summed E-state index contributed by atoms with van der Waals surface area (Å²) in [6, 6.07) is 3.83. The van der Waals surface area contributed by atoms with Gasteiger partial charge in [-0.3, -0.25) is 0 Å². The highest BCUT2D eigenvalue weighted by Gasteiger charge is 2.20. The molecule has 1 fully saturated rings. The van der Waals surface area contributed by atoms with E-state index in [1.165, 1.54) is 19.3 Å². The molecule has 0 saturated heterocycles. The first kappa shape index (κ1) is 9.74. The average Bonchev–Trinajstić information content (AvgIpc) is 2.91. The van der Waals surface area contributed by atoms with Crippen molar-refractivity contribution in [3.63, 3.8) is 0 Å². The quantitative estimate of drug-likeness (QED) is 0.707. The van der Waals surface area contributed by atoms with Gasteiger partial charge in [0.15, 0.2) is 0 Å². The van der Waals surface area contributed by atoms with Crippen LogP contribution in [0, 0.1) is 5.92 Å². The van der Waals surface area contributed by atoms with Gasteiger partial charge in [0.05, 0.1) is 6.54 Å². The fourth-order valence-electron chi connectivity index (χ4n) is 1.44. The minimum absolute atomic E-state index is 0.460. The first-order valence-corrected chi connectivity index (χ1v) is 5.24. The molecule has 1 saturated carbocycles. The lowest BCUT2D eigenvalue weighted by molar-refractivity contribution is 0.100. The van der Waals surface area contributed by atoms with E-state index in [2.05, 4.69) is 0 Å². The Hall–Kier alpha value is -0.800. The molecule has 3 heteroatoms. The Labute approximate surface area is 84.2 Å². The second-order valence-corrected chi connectivity index (χ2v) is 3.86. The van der Waals surface area contributed by atoms with Crippen LogP contribution in [-0.2, 0) is 17.9 Å². The predicted octanol–water partition coefficient (Wildman–Crippen LogP) is 2.06. The van der Waals surface area contributed by atoms with E-state index in [0.29, 0.717) is 13.2 Å². The fourth-order valence-corrected chi connectivity index (χ4v) is 1.44. The van der Waals surface area contributed by atoms with Crippen LogP contribution in [0.5, 0.6) is 0 Å². The summed E-state index contributed by atoms with van der Waals surface area (Å²) < 4.78 is 10.9. The van der Waals surface area contributed by atoms with Crippen LogP contribution in [0.4, 0.5) is 0 Å². The zero-order chi connectivity index (χ0) is 9.80. The van der Waals surface area contributed by atoms with Gasteiger partial charge in [0.25, 0.3) is 0 Å². The summed E-state index contributed by atoms with van der Waals surface area (Å²) in [5.74, 6) is 2.64. The van der Waals surface area contributed by atoms with Gasteiger partial charge in [0.1, 0.15) is 18.1 Å². The number of hydrogen-bond acceptors (Lipinski definition) is 3. The largest absolute Gasteiger partial charge is 0.462 e. The number of nitrogens with two attached hydrogens (primary N) is 1. The SMILES string of the molecule is NCc1ccc(COCCC2CC2)o1. The molecule has 0 atom stereocenters. The summed E-state index contributed by atoms with van der Waals surface area (Å²) in [6.45, 7) is 1.89. The van der Waals surface area contributed by atoms with Crippen LogP contribution in [-0.4, -0.2) is 6.61 Å². The molecule has 0 unspecified atom stereocenters. The molecule has 1 aromatic rings. The van der Waals surface area contributed by atoms with Gasteiger partial charge >= 0.3 is 0 Å². The Morgan fingerprint density at radius 2 is 2.14 bits per heavy atom. The molecular weight excluding hydrogens is 178 g/mol. The second kappa shape index (κ2) is 4.62. The van der Waals surface area contributed by atoms with E-state index >= 15 is 0 Å². The summed E-state index contributed by atoms with van der Waals surface area (Å²) >= 11 is 0. The molecule has 1 aromatic heterocycles. The van der Waals surface area contributed by atoms with E-state index in [1.54, 1.807) is 0 Å². The monoisotopic (exact) mass is 195 g/mol. The molecule has 78 valence electrons. The predicted molar refractivity (Wildman–Crippen MR) is 53.6 cm³/mol. The normalized spacial score (nSPS) is 16.1. The summed E-state index contributed by atoms with van der Waals surface area (Å²) in [7, 11) is 0. The Balaban J connectivity index is 1.63. The topological polar surface area (TPSA) is 48.4 Å². The van der Waals surface area contributed by atoms with Crippen molar-refractivity contribution in [3.8, 4) is 0 Å². The number of ether oxygens (including phenoxy) is 1. The molecule has 2 rings (SSSR count). The van der Waals surface area contributed by atoms with Crippen LogP contribution in [0.2, 0.25) is 0 Å². The molecule has 2 N–H and O–H groups in total. The van der Waals surface area contributed by atoms with E-state index in [9.17, 15) is 0 Å². The second-order valence-electron chi connectivity index (χ2n) is 3.86. The van der Waals surface area contributed by atoms with Gasteiger partial charge in [-0.25, -0.2) is 0 Å². The highest BCUT2D eigenvalue weighted by molar-refractivity contribution is 5.05. The smallest absolute Gasteiger partial charge is 0.129 e. The highest BCUT2D eigenvalue weighted by Crippen LogP contribution is 2.32. The van der Waals surface area contributed by atoms with Gasteiger partial charge < -0.3 is 14.9 Å². The van der Waals surface area contributed by atoms with Crippen molar-refractivity contribution in [2.45, 2.75) is 32.4 Å². The number of hydrogen-bond donors (Lipinski definition) is 1.